The topological polar surface area (TPSA) is 142 Å². The molecule has 31 heavy (non-hydrogen) atoms. The van der Waals surface area contributed by atoms with Crippen LogP contribution in [0.5, 0.6) is 0 Å². The molecule has 0 aliphatic carbocycles. The zero-order valence-corrected chi connectivity index (χ0v) is 19.8. The first-order valence-corrected chi connectivity index (χ1v) is 12.3. The lowest BCUT2D eigenvalue weighted by Crippen LogP contribution is -2.01. The van der Waals surface area contributed by atoms with Crippen molar-refractivity contribution in [1.29, 1.82) is 0 Å². The van der Waals surface area contributed by atoms with Crippen LogP contribution in [0, 0.1) is 0 Å². The van der Waals surface area contributed by atoms with Crippen molar-refractivity contribution in [2.75, 3.05) is 20.3 Å². The molecule has 3 N–H and O–H groups in total. The number of unbranched alkanes of at least 4 members (excludes halogenated alkanes) is 10. The molecule has 0 aromatic rings. The van der Waals surface area contributed by atoms with Crippen LogP contribution in [-0.4, -0.2) is 35.0 Å². The van der Waals surface area contributed by atoms with Gasteiger partial charge in [0.25, 0.3) is 0 Å². The Morgan fingerprint density at radius 3 is 1.61 bits per heavy atom. The summed E-state index contributed by atoms with van der Waals surface area (Å²) in [6.07, 6.45) is 15.1. The highest BCUT2D eigenvalue weighted by Gasteiger charge is 2.00. The van der Waals surface area contributed by atoms with Gasteiger partial charge in [-0.3, -0.25) is 0 Å². The minimum Gasteiger partial charge on any atom is -0.314 e. The van der Waals surface area contributed by atoms with Crippen LogP contribution in [0.4, 0.5) is 0 Å². The summed E-state index contributed by atoms with van der Waals surface area (Å²) in [6.45, 7) is 6.81. The Balaban J connectivity index is 0. The molecule has 0 aliphatic rings. The molecular formula is C19H41O11P. The zero-order valence-electron chi connectivity index (χ0n) is 18.9. The third-order valence-corrected chi connectivity index (χ3v) is 3.86. The van der Waals surface area contributed by atoms with E-state index in [1.54, 1.807) is 0 Å². The summed E-state index contributed by atoms with van der Waals surface area (Å²) in [6, 6.07) is 0. The molecule has 0 aromatic carbocycles. The standard InChI is InChI=1S/C19H38O7.H3O4P/c1-4-5-6-7-8-9-10-11-12-14-17-21-25-26-22-18-15-13-16-19(2)23-24-20-3;1-5(2,3)4/h2,4-18H2,1,3H3;(H3,1,2,3,4). The number of hydrogen-bond acceptors (Lipinski definition) is 8. The molecule has 0 aromatic heterocycles. The van der Waals surface area contributed by atoms with Crippen molar-refractivity contribution in [2.45, 2.75) is 90.4 Å². The fraction of sp³-hybridized carbons (Fsp3) is 0.895. The van der Waals surface area contributed by atoms with Crippen LogP contribution in [-0.2, 0) is 39.2 Å². The zero-order chi connectivity index (χ0) is 23.6. The number of phosphoric acid groups is 1. The molecule has 0 aliphatic heterocycles. The number of hydrogen-bond donors (Lipinski definition) is 3. The molecule has 0 heterocycles. The van der Waals surface area contributed by atoms with Gasteiger partial charge in [-0.15, -0.1) is 0 Å². The summed E-state index contributed by atoms with van der Waals surface area (Å²) < 4.78 is 8.88. The van der Waals surface area contributed by atoms with Crippen molar-refractivity contribution in [2.24, 2.45) is 0 Å². The fourth-order valence-electron chi connectivity index (χ4n) is 2.36. The second-order valence-electron chi connectivity index (χ2n) is 6.79. The van der Waals surface area contributed by atoms with Crippen molar-refractivity contribution >= 4 is 7.82 Å². The van der Waals surface area contributed by atoms with Crippen molar-refractivity contribution in [3.05, 3.63) is 12.3 Å². The van der Waals surface area contributed by atoms with Gasteiger partial charge in [0.05, 0.1) is 20.3 Å². The molecule has 11 nitrogen and oxygen atoms in total. The Bertz CT molecular complexity index is 409. The summed E-state index contributed by atoms with van der Waals surface area (Å²) in [5, 5.41) is 13.3. The van der Waals surface area contributed by atoms with Crippen molar-refractivity contribution in [3.8, 4) is 0 Å². The Labute approximate surface area is 185 Å². The maximum Gasteiger partial charge on any atom is 0.466 e. The van der Waals surface area contributed by atoms with Crippen LogP contribution in [0.3, 0.4) is 0 Å². The van der Waals surface area contributed by atoms with E-state index in [4.69, 9.17) is 33.9 Å². The third kappa shape index (κ3) is 40.3. The molecule has 0 atom stereocenters. The van der Waals surface area contributed by atoms with Crippen molar-refractivity contribution in [1.82, 2.24) is 0 Å². The van der Waals surface area contributed by atoms with Crippen LogP contribution < -0.4 is 0 Å². The van der Waals surface area contributed by atoms with Crippen LogP contribution in [0.25, 0.3) is 0 Å². The minimum absolute atomic E-state index is 0.389. The van der Waals surface area contributed by atoms with Crippen LogP contribution >= 0.6 is 7.82 Å². The van der Waals surface area contributed by atoms with E-state index in [0.717, 1.165) is 25.7 Å². The quantitative estimate of drug-likeness (QED) is 0.0639. The Kier molecular flexibility index (Phi) is 27.0. The van der Waals surface area contributed by atoms with Crippen LogP contribution in [0.2, 0.25) is 0 Å². The van der Waals surface area contributed by atoms with Gasteiger partial charge in [0.2, 0.25) is 0 Å². The lowest BCUT2D eigenvalue weighted by atomic mass is 10.1. The van der Waals surface area contributed by atoms with Crippen LogP contribution in [0.1, 0.15) is 90.4 Å². The van der Waals surface area contributed by atoms with Gasteiger partial charge < -0.3 is 19.6 Å². The lowest BCUT2D eigenvalue weighted by molar-refractivity contribution is -0.634. The van der Waals surface area contributed by atoms with Gasteiger partial charge in [0, 0.05) is 6.42 Å². The second kappa shape index (κ2) is 25.7. The van der Waals surface area contributed by atoms with Gasteiger partial charge in [0.15, 0.2) is 0 Å². The molecule has 0 amide bonds. The van der Waals surface area contributed by atoms with Gasteiger partial charge in [0.1, 0.15) is 5.76 Å². The van der Waals surface area contributed by atoms with E-state index in [9.17, 15) is 0 Å². The van der Waals surface area contributed by atoms with Crippen molar-refractivity contribution < 1.29 is 53.9 Å². The molecule has 0 unspecified atom stereocenters. The number of allylic oxidation sites excluding steroid dienone is 1. The van der Waals surface area contributed by atoms with Gasteiger partial charge >= 0.3 is 7.82 Å². The molecule has 0 bridgehead atoms. The molecule has 188 valence electrons. The first-order chi connectivity index (χ1) is 14.8. The molecule has 0 radical (unpaired) electrons. The maximum absolute atomic E-state index is 8.88. The highest BCUT2D eigenvalue weighted by atomic mass is 31.2. The summed E-state index contributed by atoms with van der Waals surface area (Å²) >= 11 is 0. The van der Waals surface area contributed by atoms with E-state index in [1.165, 1.54) is 58.5 Å². The molecule has 0 rings (SSSR count). The summed E-state index contributed by atoms with van der Waals surface area (Å²) in [7, 11) is -3.28. The first-order valence-electron chi connectivity index (χ1n) is 10.7. The van der Waals surface area contributed by atoms with Gasteiger partial charge in [-0.2, -0.15) is 4.89 Å². The van der Waals surface area contributed by atoms with Crippen LogP contribution in [0.15, 0.2) is 12.3 Å². The largest absolute Gasteiger partial charge is 0.466 e. The van der Waals surface area contributed by atoms with E-state index >= 15 is 0 Å². The Morgan fingerprint density at radius 1 is 0.742 bits per heavy atom. The Hall–Kier alpha value is -0.590. The third-order valence-electron chi connectivity index (χ3n) is 3.86. The minimum atomic E-state index is -4.64. The highest BCUT2D eigenvalue weighted by molar-refractivity contribution is 7.45. The molecule has 0 spiro atoms. The van der Waals surface area contributed by atoms with E-state index in [-0.39, 0.29) is 0 Å². The molecule has 0 saturated heterocycles. The summed E-state index contributed by atoms with van der Waals surface area (Å²) in [5.41, 5.74) is 0. The predicted molar refractivity (Wildman–Crippen MR) is 112 cm³/mol. The summed E-state index contributed by atoms with van der Waals surface area (Å²) in [4.78, 5) is 40.3. The average molecular weight is 477 g/mol. The van der Waals surface area contributed by atoms with E-state index in [0.29, 0.717) is 25.4 Å². The van der Waals surface area contributed by atoms with Gasteiger partial charge in [-0.25, -0.2) is 14.3 Å². The molecular weight excluding hydrogens is 435 g/mol. The fourth-order valence-corrected chi connectivity index (χ4v) is 2.36. The highest BCUT2D eigenvalue weighted by Crippen LogP contribution is 2.25. The summed E-state index contributed by atoms with van der Waals surface area (Å²) in [5.74, 6) is 0.490. The van der Waals surface area contributed by atoms with E-state index < -0.39 is 7.82 Å². The molecule has 0 saturated carbocycles. The monoisotopic (exact) mass is 476 g/mol. The molecule has 0 fully saturated rings. The van der Waals surface area contributed by atoms with E-state index in [2.05, 4.69) is 33.5 Å². The second-order valence-corrected chi connectivity index (χ2v) is 7.82. The SMILES string of the molecule is C=C(CCCCOOOOCCCCCCCCCCCC)OOOC.O=P(O)(O)O. The van der Waals surface area contributed by atoms with Gasteiger partial charge in [-0.05, 0) is 34.4 Å². The first kappa shape index (κ1) is 32.6. The average Bonchev–Trinajstić information content (AvgIpc) is 2.70. The van der Waals surface area contributed by atoms with Gasteiger partial charge in [-0.1, -0.05) is 71.3 Å². The molecule has 12 heteroatoms. The maximum atomic E-state index is 8.88. The smallest absolute Gasteiger partial charge is 0.314 e. The lowest BCUT2D eigenvalue weighted by Gasteiger charge is -2.05. The van der Waals surface area contributed by atoms with E-state index in [1.807, 2.05) is 0 Å². The number of rotatable bonds is 22. The Morgan fingerprint density at radius 2 is 1.16 bits per heavy atom. The van der Waals surface area contributed by atoms with Crippen molar-refractivity contribution in [3.63, 3.8) is 0 Å². The normalized spacial score (nSPS) is 11.1. The predicted octanol–water partition coefficient (Wildman–Crippen LogP) is 4.98.